The molecule has 5 rings (SSSR count). The molecule has 3 unspecified atom stereocenters. The maximum atomic E-state index is 12.8. The molecule has 1 N–H and O–H groups in total. The molecule has 0 aromatic rings. The van der Waals surface area contributed by atoms with E-state index >= 15 is 0 Å². The van der Waals surface area contributed by atoms with Gasteiger partial charge in [0, 0.05) is 19.1 Å². The minimum atomic E-state index is -0.0931. The summed E-state index contributed by atoms with van der Waals surface area (Å²) in [6.45, 7) is 3.11. The maximum absolute atomic E-state index is 12.8. The zero-order valence-electron chi connectivity index (χ0n) is 11.5. The van der Waals surface area contributed by atoms with Gasteiger partial charge in [-0.25, -0.2) is 0 Å². The second-order valence-corrected chi connectivity index (χ2v) is 7.00. The summed E-state index contributed by atoms with van der Waals surface area (Å²) in [6.07, 6.45) is 6.68. The zero-order chi connectivity index (χ0) is 12.8. The molecule has 3 heterocycles. The zero-order valence-corrected chi connectivity index (χ0v) is 11.5. The minimum absolute atomic E-state index is 0.0931. The number of hydrogen-bond donors (Lipinski definition) is 1. The molecule has 0 spiro atoms. The van der Waals surface area contributed by atoms with Gasteiger partial charge in [-0.15, -0.1) is 0 Å². The van der Waals surface area contributed by atoms with E-state index in [1.807, 2.05) is 0 Å². The van der Waals surface area contributed by atoms with E-state index in [0.29, 0.717) is 18.6 Å². The van der Waals surface area contributed by atoms with E-state index < -0.39 is 0 Å². The lowest BCUT2D eigenvalue weighted by Gasteiger charge is -2.39. The third-order valence-corrected chi connectivity index (χ3v) is 5.61. The number of nitrogens with zero attached hydrogens (tertiary/aromatic N) is 1. The molecular weight excluding hydrogens is 240 g/mol. The molecule has 5 aliphatic rings. The van der Waals surface area contributed by atoms with Gasteiger partial charge in [-0.2, -0.15) is 0 Å². The number of morpholine rings is 1. The van der Waals surface area contributed by atoms with Crippen LogP contribution in [-0.2, 0) is 9.53 Å². The highest BCUT2D eigenvalue weighted by molar-refractivity contribution is 5.82. The molecule has 3 aliphatic heterocycles. The lowest BCUT2D eigenvalue weighted by molar-refractivity contribution is -0.139. The maximum Gasteiger partial charge on any atom is 0.242 e. The molecule has 1 amide bonds. The average molecular weight is 264 g/mol. The van der Waals surface area contributed by atoms with Crippen LogP contribution in [0.4, 0.5) is 0 Å². The number of carbonyl (C=O) groups is 1. The van der Waals surface area contributed by atoms with Gasteiger partial charge in [-0.1, -0.05) is 0 Å². The van der Waals surface area contributed by atoms with Gasteiger partial charge in [0.05, 0.1) is 13.2 Å². The summed E-state index contributed by atoms with van der Waals surface area (Å²) in [7, 11) is 0. The van der Waals surface area contributed by atoms with E-state index in [1.54, 1.807) is 0 Å². The van der Waals surface area contributed by atoms with Crippen molar-refractivity contribution < 1.29 is 9.53 Å². The summed E-state index contributed by atoms with van der Waals surface area (Å²) in [5.74, 6) is 2.87. The van der Waals surface area contributed by atoms with E-state index in [9.17, 15) is 4.79 Å². The Bertz CT molecular complexity index is 353. The van der Waals surface area contributed by atoms with Gasteiger partial charge in [-0.05, 0) is 49.9 Å². The van der Waals surface area contributed by atoms with Crippen LogP contribution >= 0.6 is 0 Å². The van der Waals surface area contributed by atoms with Gasteiger partial charge in [0.2, 0.25) is 5.91 Å². The fourth-order valence-electron chi connectivity index (χ4n) is 4.98. The van der Waals surface area contributed by atoms with Crippen LogP contribution in [0.25, 0.3) is 0 Å². The molecule has 19 heavy (non-hydrogen) atoms. The van der Waals surface area contributed by atoms with Gasteiger partial charge in [0.15, 0.2) is 0 Å². The fourth-order valence-corrected chi connectivity index (χ4v) is 4.98. The highest BCUT2D eigenvalue weighted by Crippen LogP contribution is 2.47. The van der Waals surface area contributed by atoms with Gasteiger partial charge in [0.1, 0.15) is 6.04 Å². The van der Waals surface area contributed by atoms with Gasteiger partial charge >= 0.3 is 0 Å². The van der Waals surface area contributed by atoms with Crippen LogP contribution in [0.2, 0.25) is 0 Å². The minimum Gasteiger partial charge on any atom is -0.378 e. The van der Waals surface area contributed by atoms with Crippen LogP contribution in [0.1, 0.15) is 32.1 Å². The van der Waals surface area contributed by atoms with Crippen molar-refractivity contribution in [1.29, 1.82) is 0 Å². The van der Waals surface area contributed by atoms with E-state index in [0.717, 1.165) is 37.5 Å². The Kier molecular flexibility index (Phi) is 3.03. The Morgan fingerprint density at radius 3 is 2.47 bits per heavy atom. The Morgan fingerprint density at radius 2 is 1.79 bits per heavy atom. The molecule has 4 heteroatoms. The third-order valence-electron chi connectivity index (χ3n) is 5.61. The van der Waals surface area contributed by atoms with Gasteiger partial charge in [0.25, 0.3) is 0 Å². The smallest absolute Gasteiger partial charge is 0.242 e. The largest absolute Gasteiger partial charge is 0.378 e. The number of nitrogens with one attached hydrogen (secondary N) is 1. The lowest BCUT2D eigenvalue weighted by atomic mass is 9.68. The summed E-state index contributed by atoms with van der Waals surface area (Å²) in [6, 6.07) is 0.428. The number of hydrogen-bond acceptors (Lipinski definition) is 3. The second kappa shape index (κ2) is 4.74. The van der Waals surface area contributed by atoms with Crippen molar-refractivity contribution in [1.82, 2.24) is 10.2 Å². The first kappa shape index (κ1) is 12.2. The molecule has 0 radical (unpaired) electrons. The van der Waals surface area contributed by atoms with Crippen molar-refractivity contribution in [3.8, 4) is 0 Å². The Morgan fingerprint density at radius 1 is 1.05 bits per heavy atom. The van der Waals surface area contributed by atoms with E-state index in [1.165, 1.54) is 32.1 Å². The molecule has 5 fully saturated rings. The van der Waals surface area contributed by atoms with Crippen LogP contribution in [-0.4, -0.2) is 49.2 Å². The first-order valence-electron chi connectivity index (χ1n) is 7.91. The summed E-state index contributed by atoms with van der Waals surface area (Å²) < 4.78 is 5.46. The standard InChI is InChI=1S/C15H24N2O2/c18-15(14-9-19-2-1-16-14)17-8-12-4-10-3-11(5-12)7-13(17)6-10/h10-14,16H,1-9H2. The van der Waals surface area contributed by atoms with Gasteiger partial charge < -0.3 is 15.0 Å². The summed E-state index contributed by atoms with van der Waals surface area (Å²) in [4.78, 5) is 15.0. The molecule has 2 saturated carbocycles. The summed E-state index contributed by atoms with van der Waals surface area (Å²) in [5, 5.41) is 3.32. The van der Waals surface area contributed by atoms with Crippen LogP contribution in [0, 0.1) is 17.8 Å². The lowest BCUT2D eigenvalue weighted by Crippen LogP contribution is -2.55. The molecular formula is C15H24N2O2. The summed E-state index contributed by atoms with van der Waals surface area (Å²) >= 11 is 0. The van der Waals surface area contributed by atoms with Crippen LogP contribution < -0.4 is 5.32 Å². The molecule has 4 bridgehead atoms. The second-order valence-electron chi connectivity index (χ2n) is 7.00. The predicted molar refractivity (Wildman–Crippen MR) is 71.7 cm³/mol. The Hall–Kier alpha value is -0.610. The van der Waals surface area contributed by atoms with Crippen molar-refractivity contribution in [2.45, 2.75) is 44.2 Å². The SMILES string of the molecule is O=C(C1COCCN1)N1CC2CC3CC(C2)CC1C3. The molecule has 3 saturated heterocycles. The first-order chi connectivity index (χ1) is 9.29. The van der Waals surface area contributed by atoms with Crippen molar-refractivity contribution in [3.63, 3.8) is 0 Å². The van der Waals surface area contributed by atoms with Gasteiger partial charge in [-0.3, -0.25) is 4.79 Å². The molecule has 3 atom stereocenters. The average Bonchev–Trinajstić information content (AvgIpc) is 2.63. The van der Waals surface area contributed by atoms with Crippen molar-refractivity contribution in [2.24, 2.45) is 17.8 Å². The van der Waals surface area contributed by atoms with E-state index in [2.05, 4.69) is 10.2 Å². The van der Waals surface area contributed by atoms with E-state index in [-0.39, 0.29) is 6.04 Å². The third kappa shape index (κ3) is 2.19. The van der Waals surface area contributed by atoms with Crippen LogP contribution in [0.3, 0.4) is 0 Å². The predicted octanol–water partition coefficient (Wildman–Crippen LogP) is 1.01. The molecule has 106 valence electrons. The normalized spacial score (nSPS) is 45.3. The number of amides is 1. The molecule has 0 aromatic carbocycles. The highest BCUT2D eigenvalue weighted by Gasteiger charge is 2.45. The number of rotatable bonds is 1. The Labute approximate surface area is 114 Å². The molecule has 0 aromatic heterocycles. The number of ether oxygens (including phenoxy) is 1. The summed E-state index contributed by atoms with van der Waals surface area (Å²) in [5.41, 5.74) is 0. The van der Waals surface area contributed by atoms with Crippen molar-refractivity contribution in [2.75, 3.05) is 26.3 Å². The van der Waals surface area contributed by atoms with Crippen molar-refractivity contribution in [3.05, 3.63) is 0 Å². The quantitative estimate of drug-likeness (QED) is 0.768. The van der Waals surface area contributed by atoms with Crippen LogP contribution in [0.5, 0.6) is 0 Å². The first-order valence-corrected chi connectivity index (χ1v) is 7.91. The molecule has 4 nitrogen and oxygen atoms in total. The highest BCUT2D eigenvalue weighted by atomic mass is 16.5. The monoisotopic (exact) mass is 264 g/mol. The Balaban J connectivity index is 1.52. The number of fused-ring (bicyclic) bond motifs is 1. The number of carbonyl (C=O) groups excluding carboxylic acids is 1. The topological polar surface area (TPSA) is 41.6 Å². The van der Waals surface area contributed by atoms with Crippen LogP contribution in [0.15, 0.2) is 0 Å². The fraction of sp³-hybridized carbons (Fsp3) is 0.933. The van der Waals surface area contributed by atoms with E-state index in [4.69, 9.17) is 4.74 Å². The molecule has 2 aliphatic carbocycles. The van der Waals surface area contributed by atoms with Crippen molar-refractivity contribution >= 4 is 5.91 Å².